The molecular weight excluding hydrogens is 252 g/mol. The molecule has 0 bridgehead atoms. The number of hydrogen-bond acceptors (Lipinski definition) is 3. The van der Waals surface area contributed by atoms with Crippen molar-refractivity contribution in [3.05, 3.63) is 29.8 Å². The van der Waals surface area contributed by atoms with Gasteiger partial charge in [-0.2, -0.15) is 0 Å². The van der Waals surface area contributed by atoms with Crippen LogP contribution in [0, 0.1) is 0 Å². The number of rotatable bonds is 6. The minimum absolute atomic E-state index is 0.0557. The lowest BCUT2D eigenvalue weighted by Crippen LogP contribution is -2.39. The summed E-state index contributed by atoms with van der Waals surface area (Å²) in [6.07, 6.45) is 4.25. The molecule has 0 radical (unpaired) electrons. The molecule has 1 aliphatic heterocycles. The standard InChI is InChI=1S/C16H22N2O2/c1-20-15-5-3-2-4-12(15)8-10-18-11-9-14(16(18)19)17-13-6-7-13/h2-5,13-14,17H,6-11H2,1H3. The van der Waals surface area contributed by atoms with Crippen LogP contribution in [0.4, 0.5) is 0 Å². The fraction of sp³-hybridized carbons (Fsp3) is 0.562. The summed E-state index contributed by atoms with van der Waals surface area (Å²) in [6.45, 7) is 1.65. The number of benzene rings is 1. The Kier molecular flexibility index (Phi) is 3.92. The number of hydrogen-bond donors (Lipinski definition) is 1. The minimum atomic E-state index is 0.0557. The second kappa shape index (κ2) is 5.83. The van der Waals surface area contributed by atoms with E-state index in [2.05, 4.69) is 11.4 Å². The summed E-state index contributed by atoms with van der Waals surface area (Å²) in [5, 5.41) is 3.44. The third kappa shape index (κ3) is 2.96. The molecule has 2 fully saturated rings. The van der Waals surface area contributed by atoms with Crippen LogP contribution in [0.3, 0.4) is 0 Å². The van der Waals surface area contributed by atoms with Crippen LogP contribution in [0.1, 0.15) is 24.8 Å². The van der Waals surface area contributed by atoms with Gasteiger partial charge in [-0.15, -0.1) is 0 Å². The zero-order valence-electron chi connectivity index (χ0n) is 12.0. The number of carbonyl (C=O) groups is 1. The number of para-hydroxylation sites is 1. The summed E-state index contributed by atoms with van der Waals surface area (Å²) in [5.41, 5.74) is 1.17. The van der Waals surface area contributed by atoms with E-state index in [1.54, 1.807) is 7.11 Å². The largest absolute Gasteiger partial charge is 0.496 e. The molecule has 1 aliphatic carbocycles. The predicted molar refractivity (Wildman–Crippen MR) is 77.8 cm³/mol. The van der Waals surface area contributed by atoms with E-state index in [1.165, 1.54) is 18.4 Å². The first-order valence-corrected chi connectivity index (χ1v) is 7.44. The average molecular weight is 274 g/mol. The van der Waals surface area contributed by atoms with Crippen LogP contribution in [-0.2, 0) is 11.2 Å². The van der Waals surface area contributed by atoms with Gasteiger partial charge in [-0.05, 0) is 37.3 Å². The second-order valence-corrected chi connectivity index (χ2v) is 5.67. The van der Waals surface area contributed by atoms with E-state index in [0.29, 0.717) is 6.04 Å². The zero-order chi connectivity index (χ0) is 13.9. The SMILES string of the molecule is COc1ccccc1CCN1CCC(NC2CC2)C1=O. The lowest BCUT2D eigenvalue weighted by atomic mass is 10.1. The summed E-state index contributed by atoms with van der Waals surface area (Å²) >= 11 is 0. The molecule has 1 aromatic rings. The van der Waals surface area contributed by atoms with E-state index in [0.717, 1.165) is 31.7 Å². The fourth-order valence-electron chi connectivity index (χ4n) is 2.82. The Labute approximate surface area is 120 Å². The molecule has 1 saturated carbocycles. The molecule has 0 spiro atoms. The van der Waals surface area contributed by atoms with E-state index in [4.69, 9.17) is 4.74 Å². The molecule has 3 rings (SSSR count). The van der Waals surface area contributed by atoms with Crippen molar-refractivity contribution in [3.8, 4) is 5.75 Å². The minimum Gasteiger partial charge on any atom is -0.496 e. The van der Waals surface area contributed by atoms with Crippen LogP contribution >= 0.6 is 0 Å². The molecule has 1 aromatic carbocycles. The summed E-state index contributed by atoms with van der Waals surface area (Å²) in [5.74, 6) is 1.18. The van der Waals surface area contributed by atoms with Gasteiger partial charge in [0.05, 0.1) is 13.2 Å². The predicted octanol–water partition coefficient (Wildman–Crippen LogP) is 1.59. The van der Waals surface area contributed by atoms with Crippen molar-refractivity contribution in [2.24, 2.45) is 0 Å². The van der Waals surface area contributed by atoms with Gasteiger partial charge in [0.25, 0.3) is 0 Å². The van der Waals surface area contributed by atoms with Crippen LogP contribution < -0.4 is 10.1 Å². The molecule has 1 N–H and O–H groups in total. The Balaban J connectivity index is 1.54. The lowest BCUT2D eigenvalue weighted by Gasteiger charge is -2.18. The summed E-state index contributed by atoms with van der Waals surface area (Å²) < 4.78 is 5.35. The quantitative estimate of drug-likeness (QED) is 0.856. The molecule has 2 aliphatic rings. The van der Waals surface area contributed by atoms with Gasteiger partial charge in [-0.1, -0.05) is 18.2 Å². The van der Waals surface area contributed by atoms with Crippen molar-refractivity contribution in [3.63, 3.8) is 0 Å². The van der Waals surface area contributed by atoms with Gasteiger partial charge in [0, 0.05) is 19.1 Å². The maximum Gasteiger partial charge on any atom is 0.239 e. The number of carbonyl (C=O) groups excluding carboxylic acids is 1. The van der Waals surface area contributed by atoms with Crippen molar-refractivity contribution in [2.45, 2.75) is 37.8 Å². The van der Waals surface area contributed by atoms with Crippen LogP contribution in [0.15, 0.2) is 24.3 Å². The van der Waals surface area contributed by atoms with Crippen LogP contribution in [-0.4, -0.2) is 43.1 Å². The number of amides is 1. The van der Waals surface area contributed by atoms with Crippen LogP contribution in [0.5, 0.6) is 5.75 Å². The Hall–Kier alpha value is -1.55. The topological polar surface area (TPSA) is 41.6 Å². The first kappa shape index (κ1) is 13.4. The molecule has 0 aromatic heterocycles. The van der Waals surface area contributed by atoms with E-state index in [9.17, 15) is 4.79 Å². The lowest BCUT2D eigenvalue weighted by molar-refractivity contribution is -0.129. The highest BCUT2D eigenvalue weighted by Crippen LogP contribution is 2.23. The normalized spacial score (nSPS) is 22.4. The van der Waals surface area contributed by atoms with Crippen LogP contribution in [0.25, 0.3) is 0 Å². The first-order chi connectivity index (χ1) is 9.78. The number of likely N-dealkylation sites (tertiary alicyclic amines) is 1. The Bertz CT molecular complexity index is 485. The molecule has 1 saturated heterocycles. The Morgan fingerprint density at radius 2 is 2.10 bits per heavy atom. The Morgan fingerprint density at radius 1 is 1.30 bits per heavy atom. The number of methoxy groups -OCH3 is 1. The summed E-state index contributed by atoms with van der Waals surface area (Å²) in [6, 6.07) is 8.68. The van der Waals surface area contributed by atoms with E-state index >= 15 is 0 Å². The maximum atomic E-state index is 12.3. The van der Waals surface area contributed by atoms with E-state index in [1.807, 2.05) is 23.1 Å². The van der Waals surface area contributed by atoms with Gasteiger partial charge >= 0.3 is 0 Å². The van der Waals surface area contributed by atoms with Gasteiger partial charge < -0.3 is 15.0 Å². The average Bonchev–Trinajstić information content (AvgIpc) is 3.23. The van der Waals surface area contributed by atoms with Gasteiger partial charge in [0.2, 0.25) is 5.91 Å². The molecule has 20 heavy (non-hydrogen) atoms. The molecule has 4 heteroatoms. The molecule has 1 atom stereocenters. The molecule has 1 unspecified atom stereocenters. The van der Waals surface area contributed by atoms with Crippen molar-refractivity contribution >= 4 is 5.91 Å². The van der Waals surface area contributed by atoms with Crippen molar-refractivity contribution in [2.75, 3.05) is 20.2 Å². The van der Waals surface area contributed by atoms with E-state index in [-0.39, 0.29) is 11.9 Å². The maximum absolute atomic E-state index is 12.3. The van der Waals surface area contributed by atoms with Crippen molar-refractivity contribution < 1.29 is 9.53 Å². The van der Waals surface area contributed by atoms with Gasteiger partial charge in [-0.25, -0.2) is 0 Å². The number of ether oxygens (including phenoxy) is 1. The van der Waals surface area contributed by atoms with Gasteiger partial charge in [-0.3, -0.25) is 4.79 Å². The zero-order valence-corrected chi connectivity index (χ0v) is 12.0. The van der Waals surface area contributed by atoms with Gasteiger partial charge in [0.15, 0.2) is 0 Å². The molecule has 1 heterocycles. The van der Waals surface area contributed by atoms with E-state index < -0.39 is 0 Å². The number of nitrogens with one attached hydrogen (secondary N) is 1. The first-order valence-electron chi connectivity index (χ1n) is 7.44. The second-order valence-electron chi connectivity index (χ2n) is 5.67. The Morgan fingerprint density at radius 3 is 2.85 bits per heavy atom. The highest BCUT2D eigenvalue weighted by atomic mass is 16.5. The van der Waals surface area contributed by atoms with Crippen LogP contribution in [0.2, 0.25) is 0 Å². The smallest absolute Gasteiger partial charge is 0.239 e. The molecule has 4 nitrogen and oxygen atoms in total. The van der Waals surface area contributed by atoms with Crippen molar-refractivity contribution in [1.29, 1.82) is 0 Å². The third-order valence-corrected chi connectivity index (χ3v) is 4.16. The molecule has 108 valence electrons. The monoisotopic (exact) mass is 274 g/mol. The highest BCUT2D eigenvalue weighted by molar-refractivity contribution is 5.84. The number of nitrogens with zero attached hydrogens (tertiary/aromatic N) is 1. The molecular formula is C16H22N2O2. The molecule has 1 amide bonds. The fourth-order valence-corrected chi connectivity index (χ4v) is 2.82. The summed E-state index contributed by atoms with van der Waals surface area (Å²) in [7, 11) is 1.69. The van der Waals surface area contributed by atoms with Crippen molar-refractivity contribution in [1.82, 2.24) is 10.2 Å². The third-order valence-electron chi connectivity index (χ3n) is 4.16. The summed E-state index contributed by atoms with van der Waals surface area (Å²) in [4.78, 5) is 14.3. The van der Waals surface area contributed by atoms with Gasteiger partial charge in [0.1, 0.15) is 5.75 Å². The highest BCUT2D eigenvalue weighted by Gasteiger charge is 2.35.